The first kappa shape index (κ1) is 43.8. The van der Waals surface area contributed by atoms with Crippen LogP contribution >= 0.6 is 0 Å². The minimum Gasteiger partial charge on any atom is -0.392 e. The van der Waals surface area contributed by atoms with Crippen LogP contribution in [0, 0.1) is 17.8 Å². The number of hydrogen-bond donors (Lipinski definition) is 3. The van der Waals surface area contributed by atoms with Gasteiger partial charge in [-0.2, -0.15) is 0 Å². The molecule has 4 bridgehead atoms. The monoisotopic (exact) mass is 806 g/mol. The van der Waals surface area contributed by atoms with Crippen LogP contribution in [0.4, 0.5) is 4.79 Å². The smallest absolute Gasteiger partial charge is 0.315 e. The molecule has 0 unspecified atom stereocenters. The molecule has 1 aliphatic heterocycles. The Morgan fingerprint density at radius 3 is 1.88 bits per heavy atom. The molecule has 4 saturated carbocycles. The first-order valence-electron chi connectivity index (χ1n) is 23.9. The highest BCUT2D eigenvalue weighted by atomic mass is 16.7. The Morgan fingerprint density at radius 2 is 1.27 bits per heavy atom. The van der Waals surface area contributed by atoms with Gasteiger partial charge in [0.15, 0.2) is 6.29 Å². The van der Waals surface area contributed by atoms with E-state index in [-0.39, 0.29) is 30.4 Å². The number of carbonyl (C=O) groups is 1. The molecule has 4 aliphatic carbocycles. The van der Waals surface area contributed by atoms with E-state index in [1.54, 1.807) is 0 Å². The molecule has 0 spiro atoms. The molecular formula is C52H75N3O4. The number of carbonyl (C=O) groups excluding carboxylic acids is 1. The molecule has 8 rings (SSSR count). The molecule has 3 aromatic carbocycles. The third-order valence-corrected chi connectivity index (χ3v) is 14.0. The highest BCUT2D eigenvalue weighted by Crippen LogP contribution is 2.55. The molecule has 7 nitrogen and oxygen atoms in total. The highest BCUT2D eigenvalue weighted by Gasteiger charge is 2.51. The molecule has 0 aromatic heterocycles. The van der Waals surface area contributed by atoms with Gasteiger partial charge in [-0.05, 0) is 116 Å². The van der Waals surface area contributed by atoms with Gasteiger partial charge in [-0.25, -0.2) is 4.79 Å². The summed E-state index contributed by atoms with van der Waals surface area (Å²) in [6.07, 6.45) is 23.5. The zero-order valence-electron chi connectivity index (χ0n) is 36.5. The van der Waals surface area contributed by atoms with Crippen LogP contribution in [0.2, 0.25) is 0 Å². The third kappa shape index (κ3) is 12.7. The lowest BCUT2D eigenvalue weighted by Gasteiger charge is -2.56. The van der Waals surface area contributed by atoms with Crippen LogP contribution in [0.5, 0.6) is 0 Å². The number of urea groups is 1. The van der Waals surface area contributed by atoms with Crippen LogP contribution in [0.3, 0.4) is 0 Å². The van der Waals surface area contributed by atoms with E-state index in [4.69, 9.17) is 9.47 Å². The Balaban J connectivity index is 0.986. The van der Waals surface area contributed by atoms with Crippen molar-refractivity contribution in [2.24, 2.45) is 17.8 Å². The molecule has 2 amide bonds. The summed E-state index contributed by atoms with van der Waals surface area (Å²) in [6, 6.07) is 25.4. The van der Waals surface area contributed by atoms with Crippen molar-refractivity contribution < 1.29 is 19.4 Å². The summed E-state index contributed by atoms with van der Waals surface area (Å²) >= 11 is 0. The lowest BCUT2D eigenvalue weighted by atomic mass is 9.53. The Labute approximate surface area is 356 Å². The maximum atomic E-state index is 13.2. The molecule has 1 saturated heterocycles. The number of nitrogens with one attached hydrogen (secondary N) is 2. The van der Waals surface area contributed by atoms with E-state index in [0.29, 0.717) is 6.54 Å². The van der Waals surface area contributed by atoms with Gasteiger partial charge in [-0.15, -0.1) is 0 Å². The van der Waals surface area contributed by atoms with E-state index in [0.717, 1.165) is 96.5 Å². The number of hydrogen-bond acceptors (Lipinski definition) is 5. The Bertz CT molecular complexity index is 1660. The molecule has 59 heavy (non-hydrogen) atoms. The van der Waals surface area contributed by atoms with Crippen molar-refractivity contribution in [2.75, 3.05) is 19.6 Å². The summed E-state index contributed by atoms with van der Waals surface area (Å²) in [5, 5.41) is 16.4. The Morgan fingerprint density at radius 1 is 0.678 bits per heavy atom. The Hall–Kier alpha value is -3.23. The van der Waals surface area contributed by atoms with Crippen LogP contribution < -0.4 is 10.6 Å². The normalized spacial score (nSPS) is 26.0. The molecule has 5 fully saturated rings. The van der Waals surface area contributed by atoms with Gasteiger partial charge in [0, 0.05) is 30.6 Å². The lowest BCUT2D eigenvalue weighted by molar-refractivity contribution is -0.253. The van der Waals surface area contributed by atoms with Crippen LogP contribution in [0.15, 0.2) is 72.8 Å². The van der Waals surface area contributed by atoms with Crippen molar-refractivity contribution in [3.05, 3.63) is 95.1 Å². The third-order valence-electron chi connectivity index (χ3n) is 14.0. The maximum Gasteiger partial charge on any atom is 0.315 e. The zero-order valence-corrected chi connectivity index (χ0v) is 36.5. The quantitative estimate of drug-likeness (QED) is 0.0832. The molecule has 7 heteroatoms. The minimum absolute atomic E-state index is 0.0131. The van der Waals surface area contributed by atoms with Crippen molar-refractivity contribution in [1.29, 1.82) is 0 Å². The fraction of sp³-hybridized carbons (Fsp3) is 0.635. The number of aliphatic hydroxyl groups excluding tert-OH is 1. The van der Waals surface area contributed by atoms with E-state index in [9.17, 15) is 9.90 Å². The number of aliphatic hydroxyl groups is 1. The second kappa shape index (κ2) is 22.0. The summed E-state index contributed by atoms with van der Waals surface area (Å²) in [5.41, 5.74) is 6.42. The van der Waals surface area contributed by atoms with Crippen molar-refractivity contribution in [3.63, 3.8) is 0 Å². The van der Waals surface area contributed by atoms with Crippen molar-refractivity contribution in [2.45, 2.75) is 173 Å². The number of amides is 2. The second-order valence-corrected chi connectivity index (χ2v) is 19.0. The van der Waals surface area contributed by atoms with Gasteiger partial charge >= 0.3 is 6.03 Å². The van der Waals surface area contributed by atoms with E-state index < -0.39 is 6.29 Å². The summed E-state index contributed by atoms with van der Waals surface area (Å²) < 4.78 is 13.6. The number of ether oxygens (including phenoxy) is 2. The Kier molecular flexibility index (Phi) is 16.4. The van der Waals surface area contributed by atoms with E-state index >= 15 is 0 Å². The predicted octanol–water partition coefficient (Wildman–Crippen LogP) is 12.2. The van der Waals surface area contributed by atoms with E-state index in [1.165, 1.54) is 96.3 Å². The molecule has 5 aliphatic rings. The molecule has 1 heterocycles. The molecule has 3 aromatic rings. The number of unbranched alkanes of at least 4 members (excludes halogenated alkanes) is 10. The van der Waals surface area contributed by atoms with Gasteiger partial charge in [-0.3, -0.25) is 0 Å². The van der Waals surface area contributed by atoms with Gasteiger partial charge in [0.1, 0.15) is 0 Å². The molecule has 3 atom stereocenters. The van der Waals surface area contributed by atoms with Gasteiger partial charge < -0.3 is 30.1 Å². The van der Waals surface area contributed by atoms with Crippen molar-refractivity contribution in [1.82, 2.24) is 15.5 Å². The number of benzene rings is 3. The van der Waals surface area contributed by atoms with Crippen LogP contribution in [0.1, 0.15) is 170 Å². The van der Waals surface area contributed by atoms with Crippen molar-refractivity contribution >= 4 is 6.03 Å². The molecule has 3 N–H and O–H groups in total. The standard InChI is InChI=1S/C52H75N3O4/c1-3-5-7-9-11-13-26-55(27-14-12-10-8-6-4-2)37-48-32-49(45-20-18-39(38-56)19-21-45)59-50(58-48)46-24-22-44(23-25-46)47-17-15-16-40(31-47)36-53-51(57)54-52-33-41-28-42(34-52)30-43(29-41)35-52/h15-25,31,41-43,48-50,56H,3-14,26-30,32-38H2,1-2H3,(H2,53,54,57)/t41?,42?,43?,48-,49+,50+,52?/m0/s1. The first-order chi connectivity index (χ1) is 28.9. The van der Waals surface area contributed by atoms with Gasteiger partial charge in [0.05, 0.1) is 18.8 Å². The maximum absolute atomic E-state index is 13.2. The highest BCUT2D eigenvalue weighted by molar-refractivity contribution is 5.75. The van der Waals surface area contributed by atoms with E-state index in [2.05, 4.69) is 90.0 Å². The SMILES string of the molecule is CCCCCCCCN(CCCCCCCC)C[C@@H]1C[C@H](c2ccc(CO)cc2)O[C@H](c2ccc(-c3cccc(CNC(=O)NC45CC6CC(CC(C6)C4)C5)c3)cc2)O1. The lowest BCUT2D eigenvalue weighted by Crippen LogP contribution is -2.61. The summed E-state index contributed by atoms with van der Waals surface area (Å²) in [4.78, 5) is 15.9. The second-order valence-electron chi connectivity index (χ2n) is 19.0. The largest absolute Gasteiger partial charge is 0.392 e. The number of nitrogens with zero attached hydrogens (tertiary/aromatic N) is 1. The average Bonchev–Trinajstić information content (AvgIpc) is 3.24. The summed E-state index contributed by atoms with van der Waals surface area (Å²) in [5.74, 6) is 2.41. The minimum atomic E-state index is -0.474. The topological polar surface area (TPSA) is 83.1 Å². The molecule has 322 valence electrons. The molecular weight excluding hydrogens is 731 g/mol. The molecule has 0 radical (unpaired) electrons. The number of rotatable bonds is 23. The fourth-order valence-corrected chi connectivity index (χ4v) is 11.3. The van der Waals surface area contributed by atoms with Gasteiger partial charge in [0.25, 0.3) is 0 Å². The predicted molar refractivity (Wildman–Crippen MR) is 240 cm³/mol. The zero-order chi connectivity index (χ0) is 40.9. The van der Waals surface area contributed by atoms with Gasteiger partial charge in [0.2, 0.25) is 0 Å². The van der Waals surface area contributed by atoms with Crippen LogP contribution in [0.25, 0.3) is 11.1 Å². The summed E-state index contributed by atoms with van der Waals surface area (Å²) in [6.45, 7) is 8.27. The summed E-state index contributed by atoms with van der Waals surface area (Å²) in [7, 11) is 0. The fourth-order valence-electron chi connectivity index (χ4n) is 11.3. The van der Waals surface area contributed by atoms with Crippen molar-refractivity contribution in [3.8, 4) is 11.1 Å². The first-order valence-corrected chi connectivity index (χ1v) is 23.9. The van der Waals surface area contributed by atoms with Gasteiger partial charge in [-0.1, -0.05) is 145 Å². The van der Waals surface area contributed by atoms with E-state index in [1.807, 2.05) is 12.1 Å². The average molecular weight is 806 g/mol. The van der Waals surface area contributed by atoms with Crippen LogP contribution in [-0.2, 0) is 22.6 Å². The van der Waals surface area contributed by atoms with Crippen LogP contribution in [-0.4, -0.2) is 47.3 Å².